The van der Waals surface area contributed by atoms with Crippen LogP contribution in [0.15, 0.2) is 4.99 Å². The van der Waals surface area contributed by atoms with Crippen LogP contribution < -0.4 is 5.32 Å². The Morgan fingerprint density at radius 2 is 2.11 bits per heavy atom. The summed E-state index contributed by atoms with van der Waals surface area (Å²) < 4.78 is 5.72. The fourth-order valence-corrected chi connectivity index (χ4v) is 3.92. The molecule has 3 unspecified atom stereocenters. The van der Waals surface area contributed by atoms with Gasteiger partial charge >= 0.3 is 0 Å². The molecule has 1 heterocycles. The van der Waals surface area contributed by atoms with Crippen LogP contribution in [0.3, 0.4) is 0 Å². The second-order valence-electron chi connectivity index (χ2n) is 5.70. The SMILES string of the molecule is CCC1(CC)C(NC2=NCCN2C)C(C)C1OC. The maximum absolute atomic E-state index is 5.72. The zero-order valence-electron chi connectivity index (χ0n) is 12.4. The number of hydrogen-bond acceptors (Lipinski definition) is 4. The molecule has 1 aliphatic carbocycles. The fourth-order valence-electron chi connectivity index (χ4n) is 3.92. The van der Waals surface area contributed by atoms with Crippen LogP contribution in [0.2, 0.25) is 0 Å². The molecule has 4 heteroatoms. The number of hydrogen-bond donors (Lipinski definition) is 1. The predicted octanol–water partition coefficient (Wildman–Crippen LogP) is 1.72. The highest BCUT2D eigenvalue weighted by Gasteiger charge is 2.58. The second-order valence-corrected chi connectivity index (χ2v) is 5.70. The Bertz CT molecular complexity index is 325. The molecule has 3 atom stereocenters. The predicted molar refractivity (Wildman–Crippen MR) is 74.8 cm³/mol. The summed E-state index contributed by atoms with van der Waals surface area (Å²) in [5, 5.41) is 3.67. The zero-order valence-corrected chi connectivity index (χ0v) is 12.4. The van der Waals surface area contributed by atoms with E-state index in [0.29, 0.717) is 18.1 Å². The Labute approximate surface area is 111 Å². The van der Waals surface area contributed by atoms with Crippen molar-refractivity contribution in [3.8, 4) is 0 Å². The van der Waals surface area contributed by atoms with E-state index in [1.807, 2.05) is 7.11 Å². The molecule has 0 amide bonds. The van der Waals surface area contributed by atoms with E-state index < -0.39 is 0 Å². The van der Waals surface area contributed by atoms with Crippen molar-refractivity contribution in [2.75, 3.05) is 27.2 Å². The topological polar surface area (TPSA) is 36.9 Å². The van der Waals surface area contributed by atoms with Crippen LogP contribution in [0.25, 0.3) is 0 Å². The molecular weight excluding hydrogens is 226 g/mol. The molecule has 0 saturated heterocycles. The van der Waals surface area contributed by atoms with Crippen LogP contribution >= 0.6 is 0 Å². The van der Waals surface area contributed by atoms with E-state index in [4.69, 9.17) is 4.74 Å². The van der Waals surface area contributed by atoms with Crippen molar-refractivity contribution in [1.82, 2.24) is 10.2 Å². The summed E-state index contributed by atoms with van der Waals surface area (Å²) in [6.07, 6.45) is 2.68. The smallest absolute Gasteiger partial charge is 0.194 e. The molecular formula is C14H27N3O. The third-order valence-corrected chi connectivity index (χ3v) is 5.10. The van der Waals surface area contributed by atoms with Crippen LogP contribution in [0, 0.1) is 11.3 Å². The quantitative estimate of drug-likeness (QED) is 0.829. The van der Waals surface area contributed by atoms with E-state index in [2.05, 4.69) is 43.0 Å². The van der Waals surface area contributed by atoms with E-state index in [-0.39, 0.29) is 5.41 Å². The lowest BCUT2D eigenvalue weighted by Gasteiger charge is -2.60. The van der Waals surface area contributed by atoms with Crippen molar-refractivity contribution in [3.63, 3.8) is 0 Å². The molecule has 1 saturated carbocycles. The van der Waals surface area contributed by atoms with Gasteiger partial charge in [-0.15, -0.1) is 0 Å². The van der Waals surface area contributed by atoms with Gasteiger partial charge in [0.05, 0.1) is 12.6 Å². The number of aliphatic imine (C=N–C) groups is 1. The highest BCUT2D eigenvalue weighted by atomic mass is 16.5. The normalized spacial score (nSPS) is 34.2. The lowest BCUT2D eigenvalue weighted by atomic mass is 9.53. The minimum atomic E-state index is 0.264. The number of likely N-dealkylation sites (N-methyl/N-ethyl adjacent to an activating group) is 1. The van der Waals surface area contributed by atoms with Gasteiger partial charge in [0.15, 0.2) is 5.96 Å². The number of ether oxygens (including phenoxy) is 1. The maximum Gasteiger partial charge on any atom is 0.194 e. The van der Waals surface area contributed by atoms with Gasteiger partial charge in [-0.3, -0.25) is 4.99 Å². The summed E-state index contributed by atoms with van der Waals surface area (Å²) in [5.41, 5.74) is 0.264. The highest BCUT2D eigenvalue weighted by molar-refractivity contribution is 5.81. The van der Waals surface area contributed by atoms with Gasteiger partial charge in [0, 0.05) is 38.1 Å². The summed E-state index contributed by atoms with van der Waals surface area (Å²) in [4.78, 5) is 6.76. The van der Waals surface area contributed by atoms with Crippen molar-refractivity contribution in [1.29, 1.82) is 0 Å². The van der Waals surface area contributed by atoms with Gasteiger partial charge in [0.2, 0.25) is 0 Å². The number of nitrogens with zero attached hydrogens (tertiary/aromatic N) is 2. The minimum Gasteiger partial charge on any atom is -0.380 e. The van der Waals surface area contributed by atoms with Gasteiger partial charge in [-0.25, -0.2) is 0 Å². The first-order valence-corrected chi connectivity index (χ1v) is 7.15. The first kappa shape index (κ1) is 13.7. The van der Waals surface area contributed by atoms with Crippen molar-refractivity contribution in [2.24, 2.45) is 16.3 Å². The zero-order chi connectivity index (χ0) is 13.3. The number of nitrogens with one attached hydrogen (secondary N) is 1. The van der Waals surface area contributed by atoms with Crippen molar-refractivity contribution in [2.45, 2.75) is 45.8 Å². The molecule has 4 nitrogen and oxygen atoms in total. The maximum atomic E-state index is 5.72. The summed E-state index contributed by atoms with van der Waals surface area (Å²) in [6.45, 7) is 8.78. The number of rotatable bonds is 4. The first-order valence-electron chi connectivity index (χ1n) is 7.15. The standard InChI is InChI=1S/C14H27N3O/c1-6-14(7-2)11(10(3)12(14)18-5)16-13-15-8-9-17(13)4/h10-12H,6-9H2,1-5H3,(H,15,16). The van der Waals surface area contributed by atoms with E-state index >= 15 is 0 Å². The highest BCUT2D eigenvalue weighted by Crippen LogP contribution is 2.52. The summed E-state index contributed by atoms with van der Waals surface area (Å²) in [6, 6.07) is 0.483. The summed E-state index contributed by atoms with van der Waals surface area (Å²) in [5.74, 6) is 1.61. The third kappa shape index (κ3) is 1.81. The van der Waals surface area contributed by atoms with Gasteiger partial charge in [0.1, 0.15) is 0 Å². The lowest BCUT2D eigenvalue weighted by molar-refractivity contribution is -0.163. The van der Waals surface area contributed by atoms with Crippen LogP contribution in [0.1, 0.15) is 33.6 Å². The van der Waals surface area contributed by atoms with E-state index in [1.165, 1.54) is 0 Å². The van der Waals surface area contributed by atoms with Crippen molar-refractivity contribution >= 4 is 5.96 Å². The summed E-state index contributed by atoms with van der Waals surface area (Å²) >= 11 is 0. The van der Waals surface area contributed by atoms with E-state index in [0.717, 1.165) is 31.9 Å². The first-order chi connectivity index (χ1) is 8.60. The van der Waals surface area contributed by atoms with Gasteiger partial charge in [-0.2, -0.15) is 0 Å². The third-order valence-electron chi connectivity index (χ3n) is 5.10. The number of guanidine groups is 1. The van der Waals surface area contributed by atoms with Gasteiger partial charge < -0.3 is 15.0 Å². The molecule has 0 spiro atoms. The van der Waals surface area contributed by atoms with Gasteiger partial charge in [-0.05, 0) is 12.8 Å². The molecule has 0 bridgehead atoms. The van der Waals surface area contributed by atoms with Crippen LogP contribution in [-0.4, -0.2) is 50.3 Å². The Morgan fingerprint density at radius 3 is 2.56 bits per heavy atom. The molecule has 0 radical (unpaired) electrons. The Kier molecular flexibility index (Phi) is 3.85. The monoisotopic (exact) mass is 253 g/mol. The molecule has 1 aliphatic heterocycles. The largest absolute Gasteiger partial charge is 0.380 e. The minimum absolute atomic E-state index is 0.264. The molecule has 2 aliphatic rings. The average Bonchev–Trinajstić information content (AvgIpc) is 2.78. The van der Waals surface area contributed by atoms with Gasteiger partial charge in [-0.1, -0.05) is 20.8 Å². The van der Waals surface area contributed by atoms with E-state index in [9.17, 15) is 0 Å². The summed E-state index contributed by atoms with van der Waals surface area (Å²) in [7, 11) is 3.95. The van der Waals surface area contributed by atoms with Crippen LogP contribution in [0.4, 0.5) is 0 Å². The molecule has 0 aromatic rings. The molecule has 0 aromatic heterocycles. The molecule has 1 fully saturated rings. The average molecular weight is 253 g/mol. The van der Waals surface area contributed by atoms with Gasteiger partial charge in [0.25, 0.3) is 0 Å². The van der Waals surface area contributed by atoms with Crippen molar-refractivity contribution in [3.05, 3.63) is 0 Å². The second kappa shape index (κ2) is 5.08. The van der Waals surface area contributed by atoms with Crippen LogP contribution in [-0.2, 0) is 4.74 Å². The van der Waals surface area contributed by atoms with Crippen molar-refractivity contribution < 1.29 is 4.74 Å². The van der Waals surface area contributed by atoms with Crippen LogP contribution in [0.5, 0.6) is 0 Å². The Balaban J connectivity index is 2.11. The Hall–Kier alpha value is -0.770. The fraction of sp³-hybridized carbons (Fsp3) is 0.929. The van der Waals surface area contributed by atoms with E-state index in [1.54, 1.807) is 0 Å². The molecule has 1 N–H and O–H groups in total. The lowest BCUT2D eigenvalue weighted by Crippen LogP contribution is -2.70. The molecule has 104 valence electrons. The number of methoxy groups -OCH3 is 1. The molecule has 18 heavy (non-hydrogen) atoms. The Morgan fingerprint density at radius 1 is 1.44 bits per heavy atom. The molecule has 0 aromatic carbocycles. The molecule has 2 rings (SSSR count).